The Morgan fingerprint density at radius 2 is 2.18 bits per heavy atom. The maximum absolute atomic E-state index is 12.1. The highest BCUT2D eigenvalue weighted by Gasteiger charge is 2.58. The van der Waals surface area contributed by atoms with E-state index in [1.165, 1.54) is 0 Å². The molecule has 1 aromatic rings. The molecule has 1 aliphatic heterocycles. The Balaban J connectivity index is 1.51. The zero-order valence-electron chi connectivity index (χ0n) is 13.8. The first-order valence-corrected chi connectivity index (χ1v) is 7.88. The van der Waals surface area contributed by atoms with E-state index in [0.29, 0.717) is 6.54 Å². The van der Waals surface area contributed by atoms with Gasteiger partial charge in [-0.1, -0.05) is 13.8 Å². The first-order chi connectivity index (χ1) is 10.4. The molecular weight excluding hydrogens is 282 g/mol. The van der Waals surface area contributed by atoms with Crippen molar-refractivity contribution >= 4 is 6.03 Å². The van der Waals surface area contributed by atoms with Crippen molar-refractivity contribution in [2.75, 3.05) is 7.11 Å². The summed E-state index contributed by atoms with van der Waals surface area (Å²) in [6.45, 7) is 7.69. The molecule has 7 heteroatoms. The first kappa shape index (κ1) is 15.3. The topological polar surface area (TPSA) is 81.1 Å². The van der Waals surface area contributed by atoms with Crippen LogP contribution in [0.2, 0.25) is 0 Å². The number of hydrogen-bond donors (Lipinski definition) is 2. The van der Waals surface area contributed by atoms with Gasteiger partial charge in [-0.15, -0.1) is 10.2 Å². The lowest BCUT2D eigenvalue weighted by Gasteiger charge is -2.59. The van der Waals surface area contributed by atoms with E-state index in [1.54, 1.807) is 7.11 Å². The van der Waals surface area contributed by atoms with Crippen molar-refractivity contribution in [2.24, 2.45) is 5.41 Å². The summed E-state index contributed by atoms with van der Waals surface area (Å²) in [5.74, 6) is 1.85. The van der Waals surface area contributed by atoms with Crippen molar-refractivity contribution in [3.63, 3.8) is 0 Å². The third-order valence-corrected chi connectivity index (χ3v) is 5.68. The standard InChI is InChI=1S/C15H25N5O2/c1-14(2)10(8-15(14,3)22-4)17-13(21)16-9-12-19-18-11-6-5-7-20(11)12/h10H,5-9H2,1-4H3,(H2,16,17,21)/t10-,15-/m1/s1. The number of rotatable bonds is 4. The van der Waals surface area contributed by atoms with Crippen LogP contribution in [0.5, 0.6) is 0 Å². The van der Waals surface area contributed by atoms with Crippen LogP contribution in [0.3, 0.4) is 0 Å². The lowest BCUT2D eigenvalue weighted by Crippen LogP contribution is -2.69. The van der Waals surface area contributed by atoms with Crippen molar-refractivity contribution in [1.29, 1.82) is 0 Å². The van der Waals surface area contributed by atoms with Crippen LogP contribution < -0.4 is 10.6 Å². The zero-order chi connectivity index (χ0) is 16.0. The molecule has 2 aliphatic rings. The van der Waals surface area contributed by atoms with Gasteiger partial charge in [-0.2, -0.15) is 0 Å². The van der Waals surface area contributed by atoms with Gasteiger partial charge in [0.2, 0.25) is 0 Å². The van der Waals surface area contributed by atoms with E-state index < -0.39 is 0 Å². The molecule has 0 bridgehead atoms. The average Bonchev–Trinajstić information content (AvgIpc) is 3.08. The number of nitrogens with one attached hydrogen (secondary N) is 2. The normalized spacial score (nSPS) is 28.8. The fourth-order valence-electron chi connectivity index (χ4n) is 3.43. The fraction of sp³-hybridized carbons (Fsp3) is 0.800. The second-order valence-electron chi connectivity index (χ2n) is 7.03. The molecule has 0 aromatic carbocycles. The van der Waals surface area contributed by atoms with Gasteiger partial charge < -0.3 is 19.9 Å². The van der Waals surface area contributed by atoms with Gasteiger partial charge >= 0.3 is 6.03 Å². The van der Waals surface area contributed by atoms with Crippen LogP contribution in [0.15, 0.2) is 0 Å². The lowest BCUT2D eigenvalue weighted by molar-refractivity contribution is -0.177. The van der Waals surface area contributed by atoms with Crippen LogP contribution in [0, 0.1) is 5.41 Å². The number of methoxy groups -OCH3 is 1. The number of aromatic nitrogens is 3. The number of fused-ring (bicyclic) bond motifs is 1. The van der Waals surface area contributed by atoms with Crippen LogP contribution in [-0.4, -0.2) is 39.5 Å². The molecule has 2 N–H and O–H groups in total. The highest BCUT2D eigenvalue weighted by atomic mass is 16.5. The van der Waals surface area contributed by atoms with Gasteiger partial charge in [-0.3, -0.25) is 0 Å². The quantitative estimate of drug-likeness (QED) is 0.876. The average molecular weight is 307 g/mol. The van der Waals surface area contributed by atoms with Crippen molar-refractivity contribution in [3.8, 4) is 0 Å². The van der Waals surface area contributed by atoms with Crippen molar-refractivity contribution in [2.45, 2.75) is 64.8 Å². The number of carbonyl (C=O) groups is 1. The number of ether oxygens (including phenoxy) is 1. The van der Waals surface area contributed by atoms with E-state index >= 15 is 0 Å². The SMILES string of the molecule is CO[C@]1(C)C[C@@H](NC(=O)NCc2nnc3n2CCC3)C1(C)C. The minimum Gasteiger partial charge on any atom is -0.378 e. The van der Waals surface area contributed by atoms with E-state index in [2.05, 4.69) is 46.2 Å². The number of carbonyl (C=O) groups excluding carboxylic acids is 1. The molecule has 1 aromatic heterocycles. The molecule has 7 nitrogen and oxygen atoms in total. The molecule has 2 amide bonds. The molecule has 2 heterocycles. The molecule has 0 radical (unpaired) electrons. The van der Waals surface area contributed by atoms with Gasteiger partial charge in [-0.25, -0.2) is 4.79 Å². The monoisotopic (exact) mass is 307 g/mol. The minimum atomic E-state index is -0.182. The van der Waals surface area contributed by atoms with Gasteiger partial charge in [0.05, 0.1) is 12.1 Å². The maximum Gasteiger partial charge on any atom is 0.315 e. The number of amides is 2. The van der Waals surface area contributed by atoms with E-state index in [-0.39, 0.29) is 23.1 Å². The Morgan fingerprint density at radius 3 is 2.86 bits per heavy atom. The zero-order valence-corrected chi connectivity index (χ0v) is 13.8. The van der Waals surface area contributed by atoms with Crippen LogP contribution in [-0.2, 0) is 24.2 Å². The Morgan fingerprint density at radius 1 is 1.41 bits per heavy atom. The molecule has 1 fully saturated rings. The van der Waals surface area contributed by atoms with Crippen molar-refractivity contribution < 1.29 is 9.53 Å². The summed E-state index contributed by atoms with van der Waals surface area (Å²) in [7, 11) is 1.73. The van der Waals surface area contributed by atoms with Crippen LogP contribution >= 0.6 is 0 Å². The highest BCUT2D eigenvalue weighted by Crippen LogP contribution is 2.51. The summed E-state index contributed by atoms with van der Waals surface area (Å²) in [6.07, 6.45) is 2.91. The minimum absolute atomic E-state index is 0.0881. The number of nitrogens with zero attached hydrogens (tertiary/aromatic N) is 3. The number of aryl methyl sites for hydroxylation is 1. The summed E-state index contributed by atoms with van der Waals surface area (Å²) < 4.78 is 7.67. The van der Waals surface area contributed by atoms with E-state index in [0.717, 1.165) is 37.5 Å². The molecule has 122 valence electrons. The van der Waals surface area contributed by atoms with Gasteiger partial charge in [-0.05, 0) is 19.8 Å². The van der Waals surface area contributed by atoms with Gasteiger partial charge in [0.15, 0.2) is 5.82 Å². The van der Waals surface area contributed by atoms with Gasteiger partial charge in [0.1, 0.15) is 5.82 Å². The molecular formula is C15H25N5O2. The number of hydrogen-bond acceptors (Lipinski definition) is 4. The Hall–Kier alpha value is -1.63. The highest BCUT2D eigenvalue weighted by molar-refractivity contribution is 5.74. The Kier molecular flexibility index (Phi) is 3.63. The molecule has 0 spiro atoms. The van der Waals surface area contributed by atoms with Gasteiger partial charge in [0.25, 0.3) is 0 Å². The van der Waals surface area contributed by atoms with E-state index in [4.69, 9.17) is 4.74 Å². The van der Waals surface area contributed by atoms with Crippen molar-refractivity contribution in [3.05, 3.63) is 11.6 Å². The fourth-order valence-corrected chi connectivity index (χ4v) is 3.43. The molecule has 1 saturated carbocycles. The van der Waals surface area contributed by atoms with Crippen LogP contribution in [0.1, 0.15) is 45.3 Å². The molecule has 3 rings (SSSR count). The molecule has 0 saturated heterocycles. The van der Waals surface area contributed by atoms with Crippen LogP contribution in [0.4, 0.5) is 4.79 Å². The van der Waals surface area contributed by atoms with E-state index in [1.807, 2.05) is 0 Å². The predicted molar refractivity (Wildman–Crippen MR) is 81.3 cm³/mol. The molecule has 0 unspecified atom stereocenters. The predicted octanol–water partition coefficient (Wildman–Crippen LogP) is 1.23. The third kappa shape index (κ3) is 2.27. The van der Waals surface area contributed by atoms with E-state index in [9.17, 15) is 4.79 Å². The summed E-state index contributed by atoms with van der Waals surface area (Å²) in [6, 6.07) is -0.0480. The third-order valence-electron chi connectivity index (χ3n) is 5.68. The van der Waals surface area contributed by atoms with Crippen LogP contribution in [0.25, 0.3) is 0 Å². The smallest absolute Gasteiger partial charge is 0.315 e. The van der Waals surface area contributed by atoms with Gasteiger partial charge in [0, 0.05) is 31.5 Å². The summed E-state index contributed by atoms with van der Waals surface area (Å²) in [5.41, 5.74) is -0.270. The first-order valence-electron chi connectivity index (χ1n) is 7.88. The van der Waals surface area contributed by atoms with Crippen molar-refractivity contribution in [1.82, 2.24) is 25.4 Å². The second-order valence-corrected chi connectivity index (χ2v) is 7.03. The summed E-state index contributed by atoms with van der Waals surface area (Å²) >= 11 is 0. The Bertz CT molecular complexity index is 582. The maximum atomic E-state index is 12.1. The largest absolute Gasteiger partial charge is 0.378 e. The Labute approximate surface area is 130 Å². The second kappa shape index (κ2) is 5.22. The summed E-state index contributed by atoms with van der Waals surface area (Å²) in [5, 5.41) is 14.2. The number of urea groups is 1. The molecule has 22 heavy (non-hydrogen) atoms. The lowest BCUT2D eigenvalue weighted by atomic mass is 9.56. The molecule has 2 atom stereocenters. The molecule has 1 aliphatic carbocycles. The summed E-state index contributed by atoms with van der Waals surface area (Å²) in [4.78, 5) is 12.1.